The van der Waals surface area contributed by atoms with Gasteiger partial charge in [0, 0.05) is 30.6 Å². The molecule has 0 spiro atoms. The number of carbonyl (C=O) groups is 1. The van der Waals surface area contributed by atoms with Gasteiger partial charge in [0.15, 0.2) is 0 Å². The Morgan fingerprint density at radius 1 is 1.14 bits per heavy atom. The summed E-state index contributed by atoms with van der Waals surface area (Å²) in [5.41, 5.74) is 1.91. The van der Waals surface area contributed by atoms with Crippen LogP contribution in [0.2, 0.25) is 0 Å². The average Bonchev–Trinajstić information content (AvgIpc) is 2.75. The van der Waals surface area contributed by atoms with Crippen molar-refractivity contribution in [2.75, 3.05) is 19.8 Å². The van der Waals surface area contributed by atoms with Crippen molar-refractivity contribution in [1.82, 2.24) is 4.90 Å². The molecule has 0 bridgehead atoms. The molecular weight excluding hydrogens is 371 g/mol. The van der Waals surface area contributed by atoms with Crippen LogP contribution in [0.4, 0.5) is 4.39 Å². The highest BCUT2D eigenvalue weighted by atomic mass is 19.1. The first-order valence-corrected chi connectivity index (χ1v) is 9.91. The Hall–Kier alpha value is -2.75. The summed E-state index contributed by atoms with van der Waals surface area (Å²) in [6.07, 6.45) is 1.25. The standard InChI is InChI=1S/C23H23FN2O3/c24-19-8-4-3-6-17(19)16-5-1-2-7-18(16)22-20(13-25)26(21(22)14-27)23(28)15-9-11-29-12-10-15/h1-8,15,20-22,27H,9-12,14H2/t20-,21+,22+/m1/s1. The molecule has 6 heteroatoms. The number of ether oxygens (including phenoxy) is 1. The molecule has 1 N–H and O–H groups in total. The Labute approximate surface area is 169 Å². The molecule has 4 rings (SSSR count). The maximum absolute atomic E-state index is 14.5. The molecule has 0 saturated carbocycles. The van der Waals surface area contributed by atoms with Gasteiger partial charge in [-0.1, -0.05) is 42.5 Å². The summed E-state index contributed by atoms with van der Waals surface area (Å²) in [5, 5.41) is 19.9. The number of nitrogens with zero attached hydrogens (tertiary/aromatic N) is 2. The molecule has 2 aromatic carbocycles. The highest BCUT2D eigenvalue weighted by molar-refractivity contribution is 5.82. The molecule has 3 atom stereocenters. The van der Waals surface area contributed by atoms with Gasteiger partial charge in [0.25, 0.3) is 0 Å². The van der Waals surface area contributed by atoms with Gasteiger partial charge in [-0.15, -0.1) is 0 Å². The van der Waals surface area contributed by atoms with Gasteiger partial charge in [-0.05, 0) is 30.0 Å². The van der Waals surface area contributed by atoms with Crippen LogP contribution in [0.1, 0.15) is 24.3 Å². The molecule has 0 aliphatic carbocycles. The number of benzene rings is 2. The van der Waals surface area contributed by atoms with E-state index >= 15 is 0 Å². The van der Waals surface area contributed by atoms with Crippen molar-refractivity contribution >= 4 is 5.91 Å². The molecule has 2 aromatic rings. The SMILES string of the molecule is N#C[C@@H]1[C@H](c2ccccc2-c2ccccc2F)[C@H](CO)N1C(=O)C1CCOCC1. The van der Waals surface area contributed by atoms with Crippen LogP contribution in [0, 0.1) is 23.1 Å². The first-order valence-electron chi connectivity index (χ1n) is 9.91. The lowest BCUT2D eigenvalue weighted by atomic mass is 9.72. The largest absolute Gasteiger partial charge is 0.394 e. The molecule has 2 saturated heterocycles. The molecule has 2 aliphatic rings. The quantitative estimate of drug-likeness (QED) is 0.865. The minimum atomic E-state index is -0.685. The van der Waals surface area contributed by atoms with Crippen LogP contribution in [0.5, 0.6) is 0 Å². The molecule has 2 heterocycles. The van der Waals surface area contributed by atoms with E-state index in [1.807, 2.05) is 24.3 Å². The normalized spacial score (nSPS) is 24.6. The van der Waals surface area contributed by atoms with Crippen molar-refractivity contribution in [1.29, 1.82) is 5.26 Å². The number of carbonyl (C=O) groups excluding carboxylic acids is 1. The van der Waals surface area contributed by atoms with E-state index in [0.717, 1.165) is 5.56 Å². The summed E-state index contributed by atoms with van der Waals surface area (Å²) in [5.74, 6) is -0.997. The van der Waals surface area contributed by atoms with Gasteiger partial charge >= 0.3 is 0 Å². The van der Waals surface area contributed by atoms with Gasteiger partial charge in [-0.3, -0.25) is 4.79 Å². The number of aliphatic hydroxyl groups is 1. The van der Waals surface area contributed by atoms with E-state index in [1.165, 1.54) is 11.0 Å². The molecular formula is C23H23FN2O3. The first kappa shape index (κ1) is 19.6. The number of hydrogen-bond donors (Lipinski definition) is 1. The molecule has 2 fully saturated rings. The molecule has 0 unspecified atom stereocenters. The van der Waals surface area contributed by atoms with Crippen LogP contribution < -0.4 is 0 Å². The van der Waals surface area contributed by atoms with E-state index in [0.29, 0.717) is 37.2 Å². The number of rotatable bonds is 4. The predicted molar refractivity (Wildman–Crippen MR) is 105 cm³/mol. The van der Waals surface area contributed by atoms with Crippen LogP contribution >= 0.6 is 0 Å². The highest BCUT2D eigenvalue weighted by Crippen LogP contribution is 2.45. The van der Waals surface area contributed by atoms with Gasteiger partial charge in [-0.25, -0.2) is 4.39 Å². The fourth-order valence-corrected chi connectivity index (χ4v) is 4.55. The molecule has 29 heavy (non-hydrogen) atoms. The van der Waals surface area contributed by atoms with Crippen LogP contribution in [0.25, 0.3) is 11.1 Å². The summed E-state index contributed by atoms with van der Waals surface area (Å²) in [6, 6.07) is 14.9. The van der Waals surface area contributed by atoms with Crippen molar-refractivity contribution in [3.05, 3.63) is 59.9 Å². The second-order valence-electron chi connectivity index (χ2n) is 7.55. The number of hydrogen-bond acceptors (Lipinski definition) is 4. The van der Waals surface area contributed by atoms with Crippen LogP contribution in [-0.2, 0) is 9.53 Å². The smallest absolute Gasteiger partial charge is 0.227 e. The second kappa shape index (κ2) is 8.32. The maximum Gasteiger partial charge on any atom is 0.227 e. The van der Waals surface area contributed by atoms with Crippen molar-refractivity contribution in [3.8, 4) is 17.2 Å². The Morgan fingerprint density at radius 2 is 1.79 bits per heavy atom. The first-order chi connectivity index (χ1) is 14.2. The van der Waals surface area contributed by atoms with E-state index < -0.39 is 12.1 Å². The van der Waals surface area contributed by atoms with E-state index in [-0.39, 0.29) is 30.2 Å². The second-order valence-corrected chi connectivity index (χ2v) is 7.55. The van der Waals surface area contributed by atoms with Crippen molar-refractivity contribution in [2.24, 2.45) is 5.92 Å². The van der Waals surface area contributed by atoms with E-state index in [2.05, 4.69) is 6.07 Å². The fraction of sp³-hybridized carbons (Fsp3) is 0.391. The third kappa shape index (κ3) is 3.41. The maximum atomic E-state index is 14.5. The molecule has 0 radical (unpaired) electrons. The number of aliphatic hydroxyl groups excluding tert-OH is 1. The number of amides is 1. The van der Waals surface area contributed by atoms with Gasteiger partial charge in [0.2, 0.25) is 5.91 Å². The predicted octanol–water partition coefficient (Wildman–Crippen LogP) is 3.10. The zero-order valence-electron chi connectivity index (χ0n) is 16.0. The Kier molecular flexibility index (Phi) is 5.61. The van der Waals surface area contributed by atoms with E-state index in [4.69, 9.17) is 4.74 Å². The lowest BCUT2D eigenvalue weighted by Gasteiger charge is -2.53. The van der Waals surface area contributed by atoms with Crippen LogP contribution in [-0.4, -0.2) is 47.8 Å². The minimum absolute atomic E-state index is 0.0986. The third-order valence-corrected chi connectivity index (χ3v) is 6.04. The number of nitriles is 1. The average molecular weight is 394 g/mol. The molecule has 5 nitrogen and oxygen atoms in total. The summed E-state index contributed by atoms with van der Waals surface area (Å²) in [4.78, 5) is 14.6. The number of halogens is 1. The molecule has 1 amide bonds. The third-order valence-electron chi connectivity index (χ3n) is 6.04. The van der Waals surface area contributed by atoms with Gasteiger partial charge in [0.1, 0.15) is 11.9 Å². The Bertz CT molecular complexity index is 936. The number of likely N-dealkylation sites (tertiary alicyclic amines) is 1. The Balaban J connectivity index is 1.69. The van der Waals surface area contributed by atoms with Gasteiger partial charge in [0.05, 0.1) is 18.7 Å². The van der Waals surface area contributed by atoms with E-state index in [1.54, 1.807) is 18.2 Å². The summed E-state index contributed by atoms with van der Waals surface area (Å²) in [6.45, 7) is 0.818. The Morgan fingerprint density at radius 3 is 2.45 bits per heavy atom. The lowest BCUT2D eigenvalue weighted by molar-refractivity contribution is -0.154. The zero-order valence-corrected chi connectivity index (χ0v) is 16.0. The molecule has 150 valence electrons. The van der Waals surface area contributed by atoms with Crippen molar-refractivity contribution in [2.45, 2.75) is 30.8 Å². The van der Waals surface area contributed by atoms with Gasteiger partial charge < -0.3 is 14.7 Å². The van der Waals surface area contributed by atoms with Crippen molar-refractivity contribution < 1.29 is 19.0 Å². The minimum Gasteiger partial charge on any atom is -0.394 e. The van der Waals surface area contributed by atoms with Crippen molar-refractivity contribution in [3.63, 3.8) is 0 Å². The fourth-order valence-electron chi connectivity index (χ4n) is 4.55. The van der Waals surface area contributed by atoms with Crippen LogP contribution in [0.15, 0.2) is 48.5 Å². The van der Waals surface area contributed by atoms with E-state index in [9.17, 15) is 19.6 Å². The van der Waals surface area contributed by atoms with Gasteiger partial charge in [-0.2, -0.15) is 5.26 Å². The lowest BCUT2D eigenvalue weighted by Crippen LogP contribution is -2.66. The van der Waals surface area contributed by atoms with Crippen LogP contribution in [0.3, 0.4) is 0 Å². The summed E-state index contributed by atoms with van der Waals surface area (Å²) in [7, 11) is 0. The summed E-state index contributed by atoms with van der Waals surface area (Å²) < 4.78 is 19.8. The molecule has 0 aromatic heterocycles. The topological polar surface area (TPSA) is 73.6 Å². The highest BCUT2D eigenvalue weighted by Gasteiger charge is 2.53. The summed E-state index contributed by atoms with van der Waals surface area (Å²) >= 11 is 0. The zero-order chi connectivity index (χ0) is 20.4. The monoisotopic (exact) mass is 394 g/mol. The molecule has 2 aliphatic heterocycles.